The number of nitrogens with zero attached hydrogens (tertiary/aromatic N) is 1. The molecule has 2 aromatic carbocycles. The quantitative estimate of drug-likeness (QED) is 0.611. The molecule has 3 N–H and O–H groups in total. The van der Waals surface area contributed by atoms with Crippen molar-refractivity contribution >= 4 is 28.7 Å². The molecule has 0 radical (unpaired) electrons. The molecule has 0 aliphatic carbocycles. The number of benzene rings is 2. The largest absolute Gasteiger partial charge is 0.318 e. The molecule has 6 nitrogen and oxygen atoms in total. The van der Waals surface area contributed by atoms with E-state index in [2.05, 4.69) is 71.0 Å². The van der Waals surface area contributed by atoms with Gasteiger partial charge in [0.2, 0.25) is 5.91 Å². The first-order valence-electron chi connectivity index (χ1n) is 10.0. The average Bonchev–Trinajstić information content (AvgIpc) is 3.15. The number of rotatable bonds is 5. The van der Waals surface area contributed by atoms with Gasteiger partial charge in [0.25, 0.3) is 0 Å². The molecular formula is C22H26N4O2S+2. The van der Waals surface area contributed by atoms with E-state index in [1.165, 1.54) is 32.7 Å². The van der Waals surface area contributed by atoms with Crippen molar-refractivity contribution < 1.29 is 19.4 Å². The van der Waals surface area contributed by atoms with Crippen LogP contribution in [-0.2, 0) is 9.59 Å². The molecule has 2 fully saturated rings. The van der Waals surface area contributed by atoms with Gasteiger partial charge in [-0.05, 0) is 0 Å². The smallest absolute Gasteiger partial charge is 0.303 e. The van der Waals surface area contributed by atoms with E-state index in [-0.39, 0.29) is 11.8 Å². The van der Waals surface area contributed by atoms with Crippen molar-refractivity contribution in [1.29, 1.82) is 0 Å². The maximum Gasteiger partial charge on any atom is 0.303 e. The van der Waals surface area contributed by atoms with Crippen molar-refractivity contribution in [3.8, 4) is 0 Å². The summed E-state index contributed by atoms with van der Waals surface area (Å²) < 4.78 is 0. The number of piperazine rings is 1. The number of hydrogen-bond acceptors (Lipinski definition) is 3. The van der Waals surface area contributed by atoms with Crippen LogP contribution >= 0.6 is 11.8 Å². The number of aliphatic imine (C=N–C) groups is 1. The van der Waals surface area contributed by atoms with Crippen molar-refractivity contribution in [2.45, 2.75) is 6.04 Å². The lowest BCUT2D eigenvalue weighted by molar-refractivity contribution is -1.02. The van der Waals surface area contributed by atoms with Gasteiger partial charge in [-0.25, -0.2) is 0 Å². The maximum atomic E-state index is 12.3. The lowest BCUT2D eigenvalue weighted by Crippen LogP contribution is -3.28. The van der Waals surface area contributed by atoms with Crippen LogP contribution in [0.15, 0.2) is 65.7 Å². The fraction of sp³-hybridized carbons (Fsp3) is 0.318. The van der Waals surface area contributed by atoms with Crippen molar-refractivity contribution in [3.05, 3.63) is 71.8 Å². The van der Waals surface area contributed by atoms with Crippen molar-refractivity contribution in [2.24, 2.45) is 4.99 Å². The summed E-state index contributed by atoms with van der Waals surface area (Å²) in [6, 6.07) is 21.6. The van der Waals surface area contributed by atoms with Crippen LogP contribution in [0, 0.1) is 0 Å². The van der Waals surface area contributed by atoms with E-state index < -0.39 is 0 Å². The second kappa shape index (κ2) is 9.35. The highest BCUT2D eigenvalue weighted by Crippen LogP contribution is 2.18. The van der Waals surface area contributed by atoms with E-state index in [0.717, 1.165) is 26.2 Å². The third-order valence-corrected chi connectivity index (χ3v) is 6.36. The number of quaternary nitrogens is 2. The molecule has 150 valence electrons. The summed E-state index contributed by atoms with van der Waals surface area (Å²) in [4.78, 5) is 30.3. The van der Waals surface area contributed by atoms with Gasteiger partial charge >= 0.3 is 5.91 Å². The van der Waals surface area contributed by atoms with Crippen molar-refractivity contribution in [2.75, 3.05) is 38.5 Å². The van der Waals surface area contributed by atoms with E-state index in [0.29, 0.717) is 23.5 Å². The van der Waals surface area contributed by atoms with E-state index in [4.69, 9.17) is 0 Å². The summed E-state index contributed by atoms with van der Waals surface area (Å²) in [6.07, 6.45) is 0. The minimum atomic E-state index is -0.157. The number of nitrogens with one attached hydrogen (secondary N) is 3. The van der Waals surface area contributed by atoms with Gasteiger partial charge in [0.15, 0.2) is 11.7 Å². The zero-order valence-corrected chi connectivity index (χ0v) is 17.1. The summed E-state index contributed by atoms with van der Waals surface area (Å²) in [6.45, 7) is 4.25. The number of carbonyl (C=O) groups is 2. The molecule has 0 unspecified atom stereocenters. The Labute approximate surface area is 175 Å². The van der Waals surface area contributed by atoms with Crippen LogP contribution in [0.5, 0.6) is 0 Å². The zero-order valence-electron chi connectivity index (χ0n) is 16.3. The topological polar surface area (TPSA) is 67.4 Å². The Bertz CT molecular complexity index is 841. The molecule has 2 aromatic rings. The highest BCUT2D eigenvalue weighted by molar-refractivity contribution is 8.15. The molecule has 0 aromatic heterocycles. The van der Waals surface area contributed by atoms with Gasteiger partial charge in [0.05, 0.1) is 5.75 Å². The van der Waals surface area contributed by atoms with Gasteiger partial charge in [0.1, 0.15) is 32.2 Å². The third-order valence-electron chi connectivity index (χ3n) is 5.49. The molecule has 0 atom stereocenters. The van der Waals surface area contributed by atoms with Gasteiger partial charge in [-0.15, -0.1) is 0 Å². The molecule has 2 amide bonds. The van der Waals surface area contributed by atoms with Crippen molar-refractivity contribution in [3.63, 3.8) is 0 Å². The van der Waals surface area contributed by atoms with E-state index in [1.54, 1.807) is 0 Å². The first-order chi connectivity index (χ1) is 14.2. The minimum absolute atomic E-state index is 0.0843. The molecule has 7 heteroatoms. The maximum absolute atomic E-state index is 12.3. The van der Waals surface area contributed by atoms with Gasteiger partial charge < -0.3 is 15.1 Å². The summed E-state index contributed by atoms with van der Waals surface area (Å²) in [5.41, 5.74) is 2.65. The van der Waals surface area contributed by atoms with Gasteiger partial charge in [-0.2, -0.15) is 4.99 Å². The van der Waals surface area contributed by atoms with Crippen molar-refractivity contribution in [1.82, 2.24) is 5.32 Å². The second-order valence-corrected chi connectivity index (χ2v) is 8.45. The second-order valence-electron chi connectivity index (χ2n) is 7.49. The van der Waals surface area contributed by atoms with Crippen LogP contribution in [0.3, 0.4) is 0 Å². The SMILES string of the molecule is O=C(C[NH+]1CC[NH+](C(c2ccccc2)c2ccccc2)CC1)N=C1NC(=O)CS1. The van der Waals surface area contributed by atoms with Crippen LogP contribution in [0.4, 0.5) is 0 Å². The lowest BCUT2D eigenvalue weighted by atomic mass is 9.96. The molecule has 2 heterocycles. The molecule has 2 aliphatic rings. The standard InChI is InChI=1S/C22H24N4O2S/c27-19(23-22-24-20(28)16-29-22)15-25-11-13-26(14-12-25)21(17-7-3-1-4-8-17)18-9-5-2-6-10-18/h1-10,21H,11-16H2,(H,23,24,27,28)/p+2. The monoisotopic (exact) mass is 410 g/mol. The molecule has 4 rings (SSSR count). The molecule has 0 saturated carbocycles. The molecule has 0 spiro atoms. The first kappa shape index (κ1) is 19.8. The summed E-state index contributed by atoms with van der Waals surface area (Å²) in [5.74, 6) is 0.108. The number of amides is 2. The number of thioether (sulfide) groups is 1. The highest BCUT2D eigenvalue weighted by atomic mass is 32.2. The zero-order chi connectivity index (χ0) is 20.1. The first-order valence-corrected chi connectivity index (χ1v) is 11.0. The van der Waals surface area contributed by atoms with Crippen LogP contribution in [-0.4, -0.2) is 55.5 Å². The predicted octanol–water partition coefficient (Wildman–Crippen LogP) is -0.695. The number of amidine groups is 1. The normalized spacial score (nSPS) is 23.3. The molecule has 0 bridgehead atoms. The predicted molar refractivity (Wildman–Crippen MR) is 114 cm³/mol. The van der Waals surface area contributed by atoms with Crippen LogP contribution in [0.25, 0.3) is 0 Å². The number of carbonyl (C=O) groups excluding carboxylic acids is 2. The van der Waals surface area contributed by atoms with E-state index in [9.17, 15) is 9.59 Å². The molecular weight excluding hydrogens is 384 g/mol. The Morgan fingerprint density at radius 1 is 0.966 bits per heavy atom. The summed E-state index contributed by atoms with van der Waals surface area (Å²) >= 11 is 1.30. The fourth-order valence-electron chi connectivity index (χ4n) is 4.10. The van der Waals surface area contributed by atoms with Crippen LogP contribution in [0.2, 0.25) is 0 Å². The Morgan fingerprint density at radius 3 is 2.07 bits per heavy atom. The van der Waals surface area contributed by atoms with E-state index in [1.807, 2.05) is 0 Å². The van der Waals surface area contributed by atoms with Gasteiger partial charge in [-0.1, -0.05) is 72.4 Å². The van der Waals surface area contributed by atoms with Crippen LogP contribution < -0.4 is 15.1 Å². The summed E-state index contributed by atoms with van der Waals surface area (Å²) in [5, 5.41) is 3.06. The number of hydrogen-bond donors (Lipinski definition) is 3. The highest BCUT2D eigenvalue weighted by Gasteiger charge is 2.32. The Morgan fingerprint density at radius 2 is 1.55 bits per heavy atom. The fourth-order valence-corrected chi connectivity index (χ4v) is 4.79. The van der Waals surface area contributed by atoms with Gasteiger partial charge in [0, 0.05) is 11.1 Å². The third kappa shape index (κ3) is 5.12. The summed E-state index contributed by atoms with van der Waals surface area (Å²) in [7, 11) is 0. The Hall–Kier alpha value is -2.48. The molecule has 29 heavy (non-hydrogen) atoms. The average molecular weight is 411 g/mol. The Balaban J connectivity index is 1.39. The van der Waals surface area contributed by atoms with Gasteiger partial charge in [-0.3, -0.25) is 9.59 Å². The minimum Gasteiger partial charge on any atom is -0.318 e. The molecule has 2 aliphatic heterocycles. The Kier molecular flexibility index (Phi) is 6.39. The molecule has 2 saturated heterocycles. The van der Waals surface area contributed by atoms with E-state index >= 15 is 0 Å². The lowest BCUT2D eigenvalue weighted by Gasteiger charge is -2.34. The van der Waals surface area contributed by atoms with Crippen LogP contribution in [0.1, 0.15) is 17.2 Å².